The zero-order valence-electron chi connectivity index (χ0n) is 21.6. The summed E-state index contributed by atoms with van der Waals surface area (Å²) in [5.41, 5.74) is 1.75. The van der Waals surface area contributed by atoms with Gasteiger partial charge in [-0.2, -0.15) is 0 Å². The highest BCUT2D eigenvalue weighted by molar-refractivity contribution is 8.72. The lowest BCUT2D eigenvalue weighted by molar-refractivity contribution is -0.130. The maximum atomic E-state index is 14.1. The summed E-state index contributed by atoms with van der Waals surface area (Å²) in [4.78, 5) is 16.0. The molecule has 2 unspecified atom stereocenters. The number of carbonyl (C=O) groups is 1. The summed E-state index contributed by atoms with van der Waals surface area (Å²) in [5.74, 6) is 0.462. The maximum absolute atomic E-state index is 14.1. The van der Waals surface area contributed by atoms with Crippen LogP contribution < -0.4 is 9.47 Å². The molecule has 0 radical (unpaired) electrons. The highest BCUT2D eigenvalue weighted by Crippen LogP contribution is 2.51. The molecule has 3 aromatic rings. The fraction of sp³-hybridized carbons (Fsp3) is 0.367. The van der Waals surface area contributed by atoms with E-state index in [1.165, 1.54) is 0 Å². The molecule has 7 nitrogen and oxygen atoms in total. The van der Waals surface area contributed by atoms with Crippen LogP contribution in [0.3, 0.4) is 0 Å². The average Bonchev–Trinajstić information content (AvgIpc) is 3.69. The molecule has 3 fully saturated rings. The van der Waals surface area contributed by atoms with Gasteiger partial charge < -0.3 is 19.1 Å². The summed E-state index contributed by atoms with van der Waals surface area (Å²) in [5, 5.41) is -0.889. The van der Waals surface area contributed by atoms with Crippen molar-refractivity contribution >= 4 is 25.6 Å². The van der Waals surface area contributed by atoms with Crippen LogP contribution in [0.25, 0.3) is 0 Å². The summed E-state index contributed by atoms with van der Waals surface area (Å²) in [6.45, 7) is 0.349. The van der Waals surface area contributed by atoms with Gasteiger partial charge in [0.05, 0.1) is 36.7 Å². The lowest BCUT2D eigenvalue weighted by atomic mass is 9.95. The number of rotatable bonds is 8. The van der Waals surface area contributed by atoms with Gasteiger partial charge in [0, 0.05) is 0 Å². The predicted octanol–water partition coefficient (Wildman–Crippen LogP) is 5.53. The van der Waals surface area contributed by atoms with Crippen molar-refractivity contribution in [3.63, 3.8) is 0 Å². The number of fused-ring (bicyclic) bond motifs is 1. The van der Waals surface area contributed by atoms with Crippen LogP contribution in [-0.4, -0.2) is 50.5 Å². The third kappa shape index (κ3) is 5.03. The molecule has 2 heterocycles. The van der Waals surface area contributed by atoms with Gasteiger partial charge in [-0.05, 0) is 71.9 Å². The number of nitrogens with zero attached hydrogens (tertiary/aromatic N) is 1. The number of benzene rings is 3. The van der Waals surface area contributed by atoms with Crippen LogP contribution in [0.1, 0.15) is 48.8 Å². The Hall–Kier alpha value is -3.01. The lowest BCUT2D eigenvalue weighted by Gasteiger charge is -2.24. The second kappa shape index (κ2) is 10.9. The second-order valence-electron chi connectivity index (χ2n) is 10.1. The van der Waals surface area contributed by atoms with Gasteiger partial charge in [0.1, 0.15) is 11.5 Å². The molecule has 0 spiro atoms. The van der Waals surface area contributed by atoms with Gasteiger partial charge in [0.25, 0.3) is 0 Å². The van der Waals surface area contributed by atoms with E-state index in [0.717, 1.165) is 36.8 Å². The van der Waals surface area contributed by atoms with Crippen LogP contribution in [-0.2, 0) is 18.4 Å². The highest BCUT2D eigenvalue weighted by Gasteiger charge is 2.57. The first-order valence-electron chi connectivity index (χ1n) is 13.3. The zero-order valence-corrected chi connectivity index (χ0v) is 23.3. The van der Waals surface area contributed by atoms with Crippen LogP contribution in [0.4, 0.5) is 0 Å². The Kier molecular flexibility index (Phi) is 7.31. The third-order valence-corrected chi connectivity index (χ3v) is 11.5. The van der Waals surface area contributed by atoms with Crippen molar-refractivity contribution in [3.8, 4) is 11.5 Å². The van der Waals surface area contributed by atoms with Gasteiger partial charge in [0.15, 0.2) is 11.5 Å². The molecule has 204 valence electrons. The highest BCUT2D eigenvalue weighted by atomic mass is 33.1. The Morgan fingerprint density at radius 3 is 2.28 bits per heavy atom. The summed E-state index contributed by atoms with van der Waals surface area (Å²) >= 11 is 0. The Morgan fingerprint density at radius 2 is 1.59 bits per heavy atom. The minimum atomic E-state index is -3.81. The molecule has 9 heteroatoms. The quantitative estimate of drug-likeness (QED) is 0.332. The first-order valence-corrected chi connectivity index (χ1v) is 16.2. The lowest BCUT2D eigenvalue weighted by Crippen LogP contribution is -2.33. The van der Waals surface area contributed by atoms with E-state index in [1.807, 2.05) is 48.5 Å². The SMILES string of the molecule is COc1ccc(C2C(SS(=O)(=O)c3ccccc3)C(=O)N3[C@@H]2OC[C@H]3c2ccccc2)cc1OC1CCCC1. The number of hydrogen-bond acceptors (Lipinski definition) is 7. The minimum Gasteiger partial charge on any atom is -0.493 e. The standard InChI is InChI=1S/C30H31NO6S2/c1-35-25-17-16-21(18-26(25)37-22-12-8-9-13-22)27-28(38-39(33,34)23-14-6-3-7-15-23)29(32)31-24(19-36-30(27)31)20-10-4-2-5-11-20/h2-7,10-11,14-18,22,24,27-28,30H,8-9,12-13,19H2,1H3/t24-,27?,28?,30+/m0/s1. The third-order valence-electron chi connectivity index (χ3n) is 7.78. The van der Waals surface area contributed by atoms with Gasteiger partial charge in [-0.1, -0.05) is 54.6 Å². The van der Waals surface area contributed by atoms with E-state index in [2.05, 4.69) is 0 Å². The Morgan fingerprint density at radius 1 is 0.897 bits per heavy atom. The number of methoxy groups -OCH3 is 1. The number of carbonyl (C=O) groups excluding carboxylic acids is 1. The van der Waals surface area contributed by atoms with E-state index < -0.39 is 26.3 Å². The molecule has 1 amide bonds. The van der Waals surface area contributed by atoms with Crippen molar-refractivity contribution in [2.75, 3.05) is 13.7 Å². The second-order valence-corrected chi connectivity index (χ2v) is 14.1. The molecular weight excluding hydrogens is 534 g/mol. The molecule has 1 saturated carbocycles. The number of ether oxygens (including phenoxy) is 3. The van der Waals surface area contributed by atoms with Crippen molar-refractivity contribution < 1.29 is 27.4 Å². The summed E-state index contributed by atoms with van der Waals surface area (Å²) < 4.78 is 45.2. The first kappa shape index (κ1) is 26.2. The molecule has 39 heavy (non-hydrogen) atoms. The number of amides is 1. The summed E-state index contributed by atoms with van der Waals surface area (Å²) in [6, 6.07) is 23.3. The molecular formula is C30H31NO6S2. The molecule has 4 atom stereocenters. The molecule has 3 aliphatic rings. The zero-order chi connectivity index (χ0) is 27.0. The van der Waals surface area contributed by atoms with E-state index in [4.69, 9.17) is 14.2 Å². The van der Waals surface area contributed by atoms with Crippen molar-refractivity contribution in [2.24, 2.45) is 0 Å². The van der Waals surface area contributed by atoms with Gasteiger partial charge >= 0.3 is 0 Å². The number of hydrogen-bond donors (Lipinski definition) is 0. The van der Waals surface area contributed by atoms with Crippen LogP contribution in [0.2, 0.25) is 0 Å². The van der Waals surface area contributed by atoms with E-state index in [-0.39, 0.29) is 22.9 Å². The fourth-order valence-corrected chi connectivity index (χ4v) is 9.45. The Labute approximate surface area is 232 Å². The Bertz CT molecular complexity index is 1430. The molecule has 1 aliphatic carbocycles. The van der Waals surface area contributed by atoms with Gasteiger partial charge in [-0.3, -0.25) is 4.79 Å². The largest absolute Gasteiger partial charge is 0.493 e. The smallest absolute Gasteiger partial charge is 0.240 e. The predicted molar refractivity (Wildman–Crippen MR) is 149 cm³/mol. The molecule has 3 aromatic carbocycles. The molecule has 6 rings (SSSR count). The normalized spacial score (nSPS) is 25.2. The fourth-order valence-electron chi connectivity index (χ4n) is 5.86. The Balaban J connectivity index is 1.39. The topological polar surface area (TPSA) is 82.1 Å². The van der Waals surface area contributed by atoms with Crippen molar-refractivity contribution in [1.29, 1.82) is 0 Å². The molecule has 0 N–H and O–H groups in total. The minimum absolute atomic E-state index is 0.115. The molecule has 2 saturated heterocycles. The first-order chi connectivity index (χ1) is 19.0. The van der Waals surface area contributed by atoms with Crippen molar-refractivity contribution in [3.05, 3.63) is 90.0 Å². The van der Waals surface area contributed by atoms with Gasteiger partial charge in [0.2, 0.25) is 14.8 Å². The molecule has 0 aromatic heterocycles. The van der Waals surface area contributed by atoms with Crippen LogP contribution in [0.5, 0.6) is 11.5 Å². The van der Waals surface area contributed by atoms with Gasteiger partial charge in [-0.15, -0.1) is 0 Å². The van der Waals surface area contributed by atoms with Crippen molar-refractivity contribution in [1.82, 2.24) is 4.90 Å². The van der Waals surface area contributed by atoms with Gasteiger partial charge in [-0.25, -0.2) is 8.42 Å². The van der Waals surface area contributed by atoms with Crippen molar-refractivity contribution in [2.45, 2.75) is 60.1 Å². The average molecular weight is 566 g/mol. The van der Waals surface area contributed by atoms with E-state index in [0.29, 0.717) is 28.9 Å². The maximum Gasteiger partial charge on any atom is 0.240 e. The van der Waals surface area contributed by atoms with E-state index in [1.54, 1.807) is 42.3 Å². The van der Waals surface area contributed by atoms with E-state index >= 15 is 0 Å². The monoisotopic (exact) mass is 565 g/mol. The summed E-state index contributed by atoms with van der Waals surface area (Å²) in [6.07, 6.45) is 3.75. The molecule has 2 aliphatic heterocycles. The van der Waals surface area contributed by atoms with E-state index in [9.17, 15) is 13.2 Å². The summed E-state index contributed by atoms with van der Waals surface area (Å²) in [7, 11) is -1.51. The molecule has 0 bridgehead atoms. The van der Waals surface area contributed by atoms with Crippen LogP contribution in [0.15, 0.2) is 83.8 Å². The van der Waals surface area contributed by atoms with Crippen LogP contribution in [0, 0.1) is 0 Å². The van der Waals surface area contributed by atoms with Crippen LogP contribution >= 0.6 is 10.8 Å².